The Morgan fingerprint density at radius 2 is 1.88 bits per heavy atom. The van der Waals surface area contributed by atoms with Crippen LogP contribution in [0.25, 0.3) is 41.1 Å². The van der Waals surface area contributed by atoms with Gasteiger partial charge in [0.05, 0.1) is 34.3 Å². The fourth-order valence-electron chi connectivity index (χ4n) is 4.06. The molecule has 4 rings (SSSR count). The maximum absolute atomic E-state index is 12.0. The number of carbonyl (C=O) groups excluding carboxylic acids is 1. The van der Waals surface area contributed by atoms with Crippen molar-refractivity contribution in [3.05, 3.63) is 57.3 Å². The van der Waals surface area contributed by atoms with Gasteiger partial charge in [-0.25, -0.2) is 0 Å². The molecular formula is C24H25N3O5. The van der Waals surface area contributed by atoms with Crippen molar-refractivity contribution in [2.24, 2.45) is 5.41 Å². The summed E-state index contributed by atoms with van der Waals surface area (Å²) in [5, 5.41) is 11.7. The molecule has 8 heteroatoms. The number of ether oxygens (including phenoxy) is 1. The van der Waals surface area contributed by atoms with E-state index < -0.39 is 4.92 Å². The van der Waals surface area contributed by atoms with Crippen molar-refractivity contribution in [2.45, 2.75) is 33.7 Å². The van der Waals surface area contributed by atoms with E-state index in [1.807, 2.05) is 34.9 Å². The molecule has 0 N–H and O–H groups in total. The van der Waals surface area contributed by atoms with Crippen LogP contribution in [0.1, 0.15) is 27.2 Å². The Balaban J connectivity index is 1.72. The summed E-state index contributed by atoms with van der Waals surface area (Å²) in [4.78, 5) is 22.5. The van der Waals surface area contributed by atoms with Crippen LogP contribution in [0, 0.1) is 15.5 Å². The van der Waals surface area contributed by atoms with Gasteiger partial charge >= 0.3 is 5.97 Å². The van der Waals surface area contributed by atoms with E-state index in [9.17, 15) is 14.9 Å². The third kappa shape index (κ3) is 3.68. The first-order valence-corrected chi connectivity index (χ1v) is 10.3. The fourth-order valence-corrected chi connectivity index (χ4v) is 4.06. The maximum atomic E-state index is 12.0. The molecule has 0 aliphatic carbocycles. The highest BCUT2D eigenvalue weighted by Gasteiger charge is 2.25. The zero-order valence-electron chi connectivity index (χ0n) is 18.4. The van der Waals surface area contributed by atoms with Crippen LogP contribution < -0.4 is 10.8 Å². The lowest BCUT2D eigenvalue weighted by atomic mass is 9.89. The Kier molecular flexibility index (Phi) is 5.16. The van der Waals surface area contributed by atoms with Gasteiger partial charge in [-0.2, -0.15) is 0 Å². The summed E-state index contributed by atoms with van der Waals surface area (Å²) >= 11 is 0. The first-order valence-electron chi connectivity index (χ1n) is 10.3. The molecule has 8 nitrogen and oxygen atoms in total. The molecule has 3 aromatic heterocycles. The van der Waals surface area contributed by atoms with Gasteiger partial charge in [0.2, 0.25) is 0 Å². The molecule has 0 bridgehead atoms. The van der Waals surface area contributed by atoms with Crippen LogP contribution in [0.4, 0.5) is 5.69 Å². The van der Waals surface area contributed by atoms with E-state index in [0.29, 0.717) is 24.5 Å². The predicted molar refractivity (Wildman–Crippen MR) is 123 cm³/mol. The molecule has 3 heterocycles. The molecule has 0 saturated carbocycles. The van der Waals surface area contributed by atoms with E-state index in [1.54, 1.807) is 19.1 Å². The predicted octanol–water partition coefficient (Wildman–Crippen LogP) is 3.86. The molecule has 0 unspecified atom stereocenters. The molecular weight excluding hydrogens is 410 g/mol. The number of hydrogen-bond acceptors (Lipinski definition) is 5. The van der Waals surface area contributed by atoms with E-state index in [4.69, 9.17) is 9.15 Å². The van der Waals surface area contributed by atoms with Gasteiger partial charge in [-0.3, -0.25) is 19.3 Å². The van der Waals surface area contributed by atoms with Crippen LogP contribution in [0.2, 0.25) is 0 Å². The lowest BCUT2D eigenvalue weighted by molar-refractivity contribution is -0.384. The van der Waals surface area contributed by atoms with Gasteiger partial charge in [-0.05, 0) is 24.5 Å². The van der Waals surface area contributed by atoms with Crippen LogP contribution in [-0.4, -0.2) is 26.5 Å². The lowest BCUT2D eigenvalue weighted by Crippen LogP contribution is -2.35. The number of fused-ring (bicyclic) bond motifs is 3. The van der Waals surface area contributed by atoms with Gasteiger partial charge in [-0.15, -0.1) is 0 Å². The monoisotopic (exact) mass is 435 g/mol. The van der Waals surface area contributed by atoms with Crippen molar-refractivity contribution in [2.75, 3.05) is 6.61 Å². The summed E-state index contributed by atoms with van der Waals surface area (Å²) in [5.41, 5.74) is 3.56. The van der Waals surface area contributed by atoms with Crippen molar-refractivity contribution < 1.29 is 18.9 Å². The number of benzene rings is 1. The molecule has 0 saturated heterocycles. The van der Waals surface area contributed by atoms with E-state index in [-0.39, 0.29) is 23.5 Å². The van der Waals surface area contributed by atoms with Crippen molar-refractivity contribution in [1.82, 2.24) is 8.97 Å². The largest absolute Gasteiger partial charge is 0.466 e. The van der Waals surface area contributed by atoms with Crippen LogP contribution >= 0.6 is 0 Å². The molecule has 0 radical (unpaired) electrons. The first-order chi connectivity index (χ1) is 15.1. The average Bonchev–Trinajstić information content (AvgIpc) is 3.34. The normalized spacial score (nSPS) is 12.0. The Morgan fingerprint density at radius 3 is 2.50 bits per heavy atom. The van der Waals surface area contributed by atoms with Crippen molar-refractivity contribution in [1.29, 1.82) is 0 Å². The van der Waals surface area contributed by atoms with Crippen LogP contribution in [0.5, 0.6) is 0 Å². The number of rotatable bonds is 7. The third-order valence-electron chi connectivity index (χ3n) is 5.56. The highest BCUT2D eigenvalue weighted by Crippen LogP contribution is 2.30. The number of non-ortho nitro benzene ring substituents is 1. The number of nitro groups is 1. The summed E-state index contributed by atoms with van der Waals surface area (Å²) in [5.74, 6) is 0.386. The minimum atomic E-state index is -0.432. The zero-order valence-corrected chi connectivity index (χ0v) is 18.4. The van der Waals surface area contributed by atoms with Gasteiger partial charge < -0.3 is 13.7 Å². The second-order valence-electron chi connectivity index (χ2n) is 8.62. The van der Waals surface area contributed by atoms with Crippen LogP contribution in [0.15, 0.2) is 40.8 Å². The summed E-state index contributed by atoms with van der Waals surface area (Å²) in [7, 11) is 0. The van der Waals surface area contributed by atoms with Crippen LogP contribution in [-0.2, 0) is 16.1 Å². The molecule has 0 aliphatic heterocycles. The summed E-state index contributed by atoms with van der Waals surface area (Å²) < 4.78 is 15.1. The maximum Gasteiger partial charge on any atom is 0.306 e. The Morgan fingerprint density at radius 1 is 1.19 bits per heavy atom. The van der Waals surface area contributed by atoms with Crippen molar-refractivity contribution in [3.8, 4) is 11.3 Å². The van der Waals surface area contributed by atoms with Crippen LogP contribution in [0.3, 0.4) is 0 Å². The number of hydrogen-bond donors (Lipinski definition) is 0. The Hall–Kier alpha value is -3.81. The number of esters is 1. The third-order valence-corrected chi connectivity index (χ3v) is 5.56. The second kappa shape index (κ2) is 7.71. The lowest BCUT2D eigenvalue weighted by Gasteiger charge is -2.24. The van der Waals surface area contributed by atoms with Gasteiger partial charge in [-0.1, -0.05) is 27.0 Å². The Labute approximate surface area is 184 Å². The van der Waals surface area contributed by atoms with E-state index in [2.05, 4.69) is 13.2 Å². The minimum Gasteiger partial charge on any atom is -0.466 e. The molecule has 166 valence electrons. The highest BCUT2D eigenvalue weighted by molar-refractivity contribution is 5.87. The summed E-state index contributed by atoms with van der Waals surface area (Å²) in [6.45, 7) is 15.2. The average molecular weight is 435 g/mol. The quantitative estimate of drug-likeness (QED) is 0.250. The SMILES string of the molecule is C=c1c2cc3oc(-c4ccc([N+](=O)[O-])cc4)cc3n2c(=C)n1CC(C)(C)CC(=O)OCC. The number of nitro benzene ring substituents is 1. The number of nitrogens with zero attached hydrogens (tertiary/aromatic N) is 3. The van der Waals surface area contributed by atoms with Crippen molar-refractivity contribution in [3.63, 3.8) is 0 Å². The first kappa shape index (κ1) is 21.4. The van der Waals surface area contributed by atoms with E-state index in [0.717, 1.165) is 27.4 Å². The van der Waals surface area contributed by atoms with Gasteiger partial charge in [0.1, 0.15) is 11.2 Å². The highest BCUT2D eigenvalue weighted by atomic mass is 16.6. The fraction of sp³-hybridized carbons (Fsp3) is 0.292. The molecule has 0 amide bonds. The standard InChI is InChI=1S/C24H25N3O5/c1-6-31-23(28)13-24(4,5)14-25-15(2)19-11-22-20(26(19)16(25)3)12-21(32-22)17-7-9-18(10-8-17)27(29)30/h7-12H,2-3,6,13-14H2,1,4-5H3. The number of carbonyl (C=O) groups is 1. The molecule has 1 aromatic carbocycles. The molecule has 4 aromatic rings. The van der Waals surface area contributed by atoms with Gasteiger partial charge in [0, 0.05) is 36.4 Å². The van der Waals surface area contributed by atoms with Crippen molar-refractivity contribution >= 4 is 41.4 Å². The number of imidazole rings is 1. The zero-order chi connectivity index (χ0) is 23.2. The molecule has 0 spiro atoms. The molecule has 0 atom stereocenters. The summed E-state index contributed by atoms with van der Waals surface area (Å²) in [6, 6.07) is 10.0. The van der Waals surface area contributed by atoms with Gasteiger partial charge in [0.15, 0.2) is 5.58 Å². The second-order valence-corrected chi connectivity index (χ2v) is 8.62. The number of aromatic nitrogens is 2. The molecule has 0 aliphatic rings. The Bertz CT molecular complexity index is 1440. The minimum absolute atomic E-state index is 0.0281. The van der Waals surface area contributed by atoms with Gasteiger partial charge in [0.25, 0.3) is 5.69 Å². The van der Waals surface area contributed by atoms with E-state index >= 15 is 0 Å². The molecule has 0 fully saturated rings. The van der Waals surface area contributed by atoms with E-state index in [1.165, 1.54) is 12.1 Å². The smallest absolute Gasteiger partial charge is 0.306 e. The molecule has 32 heavy (non-hydrogen) atoms. The number of furan rings is 1. The summed E-state index contributed by atoms with van der Waals surface area (Å²) in [6.07, 6.45) is 0.290. The topological polar surface area (TPSA) is 91.9 Å².